The lowest BCUT2D eigenvalue weighted by atomic mass is 9.93. The molecule has 2 atom stereocenters. The smallest absolute Gasteiger partial charge is 0.0281 e. The minimum Gasteiger partial charge on any atom is -0.314 e. The largest absolute Gasteiger partial charge is 0.314 e. The second kappa shape index (κ2) is 6.38. The van der Waals surface area contributed by atoms with Gasteiger partial charge in [-0.15, -0.1) is 0 Å². The third-order valence-electron chi connectivity index (χ3n) is 5.06. The molecule has 1 aliphatic carbocycles. The first-order chi connectivity index (χ1) is 8.63. The van der Waals surface area contributed by atoms with E-state index in [2.05, 4.69) is 31.0 Å². The molecule has 2 nitrogen and oxygen atoms in total. The molecule has 0 aromatic carbocycles. The average molecular weight is 252 g/mol. The fourth-order valence-corrected chi connectivity index (χ4v) is 4.04. The molecule has 1 saturated carbocycles. The Labute approximate surface area is 114 Å². The Balaban J connectivity index is 1.92. The van der Waals surface area contributed by atoms with Gasteiger partial charge in [0.25, 0.3) is 0 Å². The zero-order valence-electron chi connectivity index (χ0n) is 12.7. The van der Waals surface area contributed by atoms with Crippen molar-refractivity contribution in [1.82, 2.24) is 10.2 Å². The van der Waals surface area contributed by atoms with Crippen LogP contribution in [0.3, 0.4) is 0 Å². The van der Waals surface area contributed by atoms with Crippen molar-refractivity contribution in [1.29, 1.82) is 0 Å². The maximum Gasteiger partial charge on any atom is 0.0281 e. The van der Waals surface area contributed by atoms with Crippen LogP contribution in [-0.4, -0.2) is 36.1 Å². The highest BCUT2D eigenvalue weighted by Gasteiger charge is 2.35. The van der Waals surface area contributed by atoms with Gasteiger partial charge in [0.2, 0.25) is 0 Å². The van der Waals surface area contributed by atoms with Crippen LogP contribution in [0, 0.1) is 5.92 Å². The molecule has 1 aliphatic heterocycles. The highest BCUT2D eigenvalue weighted by atomic mass is 15.3. The van der Waals surface area contributed by atoms with Crippen LogP contribution in [0.4, 0.5) is 0 Å². The van der Waals surface area contributed by atoms with Crippen LogP contribution in [0.1, 0.15) is 65.7 Å². The Morgan fingerprint density at radius 3 is 2.72 bits per heavy atom. The van der Waals surface area contributed by atoms with Gasteiger partial charge in [0.15, 0.2) is 0 Å². The summed E-state index contributed by atoms with van der Waals surface area (Å²) in [4.78, 5) is 2.80. The average Bonchev–Trinajstić information content (AvgIpc) is 2.55. The lowest BCUT2D eigenvalue weighted by Crippen LogP contribution is -2.61. The Hall–Kier alpha value is -0.0800. The minimum absolute atomic E-state index is 0.355. The minimum atomic E-state index is 0.355. The van der Waals surface area contributed by atoms with Gasteiger partial charge < -0.3 is 5.32 Å². The molecule has 0 aromatic heterocycles. The SMILES string of the molecule is CCCC1CCCC(N2CCNCC2(C)C)CC1. The summed E-state index contributed by atoms with van der Waals surface area (Å²) >= 11 is 0. The van der Waals surface area contributed by atoms with Crippen LogP contribution < -0.4 is 5.32 Å². The van der Waals surface area contributed by atoms with Crippen molar-refractivity contribution >= 4 is 0 Å². The summed E-state index contributed by atoms with van der Waals surface area (Å²) in [5, 5.41) is 3.55. The predicted molar refractivity (Wildman–Crippen MR) is 78.9 cm³/mol. The van der Waals surface area contributed by atoms with E-state index in [-0.39, 0.29) is 0 Å². The van der Waals surface area contributed by atoms with E-state index in [9.17, 15) is 0 Å². The molecule has 0 aromatic rings. The first-order valence-electron chi connectivity index (χ1n) is 8.11. The molecule has 2 fully saturated rings. The monoisotopic (exact) mass is 252 g/mol. The van der Waals surface area contributed by atoms with E-state index in [1.165, 1.54) is 58.0 Å². The molecule has 0 bridgehead atoms. The normalized spacial score (nSPS) is 34.2. The van der Waals surface area contributed by atoms with E-state index >= 15 is 0 Å². The first-order valence-corrected chi connectivity index (χ1v) is 8.11. The molecular formula is C16H32N2. The van der Waals surface area contributed by atoms with Gasteiger partial charge in [0.05, 0.1) is 0 Å². The van der Waals surface area contributed by atoms with Crippen molar-refractivity contribution in [2.45, 2.75) is 77.3 Å². The van der Waals surface area contributed by atoms with Gasteiger partial charge in [-0.25, -0.2) is 0 Å². The fourth-order valence-electron chi connectivity index (χ4n) is 4.04. The highest BCUT2D eigenvalue weighted by Crippen LogP contribution is 2.32. The summed E-state index contributed by atoms with van der Waals surface area (Å²) in [6, 6.07) is 0.851. The van der Waals surface area contributed by atoms with Crippen molar-refractivity contribution in [3.8, 4) is 0 Å². The van der Waals surface area contributed by atoms with Gasteiger partial charge in [-0.05, 0) is 39.0 Å². The predicted octanol–water partition coefficient (Wildman–Crippen LogP) is 3.42. The van der Waals surface area contributed by atoms with Gasteiger partial charge in [-0.1, -0.05) is 32.6 Å². The fraction of sp³-hybridized carbons (Fsp3) is 1.00. The maximum absolute atomic E-state index is 3.55. The molecule has 1 saturated heterocycles. The first kappa shape index (κ1) is 14.3. The third-order valence-corrected chi connectivity index (χ3v) is 5.06. The molecule has 2 aliphatic rings. The molecule has 106 valence electrons. The Morgan fingerprint density at radius 1 is 1.17 bits per heavy atom. The molecule has 2 rings (SSSR count). The second-order valence-electron chi connectivity index (χ2n) is 7.00. The zero-order chi connectivity index (χ0) is 13.0. The van der Waals surface area contributed by atoms with E-state index in [1.54, 1.807) is 0 Å². The number of hydrogen-bond donors (Lipinski definition) is 1. The van der Waals surface area contributed by atoms with Crippen molar-refractivity contribution in [2.75, 3.05) is 19.6 Å². The Kier molecular flexibility index (Phi) is 5.08. The quantitative estimate of drug-likeness (QED) is 0.774. The summed E-state index contributed by atoms with van der Waals surface area (Å²) in [6.45, 7) is 10.7. The molecule has 1 heterocycles. The summed E-state index contributed by atoms with van der Waals surface area (Å²) in [5.41, 5.74) is 0.355. The van der Waals surface area contributed by atoms with Crippen molar-refractivity contribution in [3.05, 3.63) is 0 Å². The number of nitrogens with one attached hydrogen (secondary N) is 1. The standard InChI is InChI=1S/C16H32N2/c1-4-6-14-7-5-8-15(10-9-14)18-12-11-17-13-16(18,2)3/h14-15,17H,4-13H2,1-3H3. The van der Waals surface area contributed by atoms with Crippen molar-refractivity contribution in [2.24, 2.45) is 5.92 Å². The molecule has 18 heavy (non-hydrogen) atoms. The lowest BCUT2D eigenvalue weighted by molar-refractivity contribution is 0.0376. The number of hydrogen-bond acceptors (Lipinski definition) is 2. The van der Waals surface area contributed by atoms with Gasteiger partial charge in [-0.3, -0.25) is 4.90 Å². The van der Waals surface area contributed by atoms with Crippen LogP contribution in [0.5, 0.6) is 0 Å². The third kappa shape index (κ3) is 3.48. The van der Waals surface area contributed by atoms with Crippen LogP contribution in [-0.2, 0) is 0 Å². The summed E-state index contributed by atoms with van der Waals surface area (Å²) in [5.74, 6) is 1.02. The number of piperazine rings is 1. The van der Waals surface area contributed by atoms with Crippen LogP contribution in [0.25, 0.3) is 0 Å². The lowest BCUT2D eigenvalue weighted by Gasteiger charge is -2.47. The highest BCUT2D eigenvalue weighted by molar-refractivity contribution is 4.93. The van der Waals surface area contributed by atoms with Gasteiger partial charge in [0.1, 0.15) is 0 Å². The molecule has 0 spiro atoms. The van der Waals surface area contributed by atoms with Gasteiger partial charge in [0, 0.05) is 31.2 Å². The summed E-state index contributed by atoms with van der Waals surface area (Å²) in [7, 11) is 0. The molecule has 2 heteroatoms. The number of rotatable bonds is 3. The molecule has 0 radical (unpaired) electrons. The van der Waals surface area contributed by atoms with Gasteiger partial charge in [-0.2, -0.15) is 0 Å². The van der Waals surface area contributed by atoms with Gasteiger partial charge >= 0.3 is 0 Å². The second-order valence-corrected chi connectivity index (χ2v) is 7.00. The van der Waals surface area contributed by atoms with E-state index < -0.39 is 0 Å². The summed E-state index contributed by atoms with van der Waals surface area (Å²) in [6.07, 6.45) is 10.1. The van der Waals surface area contributed by atoms with E-state index in [0.29, 0.717) is 5.54 Å². The van der Waals surface area contributed by atoms with Crippen molar-refractivity contribution in [3.63, 3.8) is 0 Å². The zero-order valence-corrected chi connectivity index (χ0v) is 12.7. The van der Waals surface area contributed by atoms with E-state index in [1.807, 2.05) is 0 Å². The van der Waals surface area contributed by atoms with Crippen LogP contribution in [0.15, 0.2) is 0 Å². The number of nitrogens with zero attached hydrogens (tertiary/aromatic N) is 1. The molecule has 0 amide bonds. The Morgan fingerprint density at radius 2 is 2.00 bits per heavy atom. The van der Waals surface area contributed by atoms with E-state index in [0.717, 1.165) is 18.5 Å². The van der Waals surface area contributed by atoms with Crippen LogP contribution >= 0.6 is 0 Å². The molecule has 1 N–H and O–H groups in total. The van der Waals surface area contributed by atoms with E-state index in [4.69, 9.17) is 0 Å². The topological polar surface area (TPSA) is 15.3 Å². The molecule has 2 unspecified atom stereocenters. The molecular weight excluding hydrogens is 220 g/mol. The Bertz CT molecular complexity index is 249. The maximum atomic E-state index is 3.55. The summed E-state index contributed by atoms with van der Waals surface area (Å²) < 4.78 is 0. The van der Waals surface area contributed by atoms with Crippen molar-refractivity contribution < 1.29 is 0 Å². The van der Waals surface area contributed by atoms with Crippen LogP contribution in [0.2, 0.25) is 0 Å².